The minimum atomic E-state index is 0.216. The Morgan fingerprint density at radius 1 is 1.56 bits per heavy atom. The van der Waals surface area contributed by atoms with Crippen LogP contribution in [0.2, 0.25) is 0 Å². The third kappa shape index (κ3) is 2.82. The first-order chi connectivity index (χ1) is 8.76. The Labute approximate surface area is 109 Å². The fraction of sp³-hybridized carbons (Fsp3) is 0.643. The highest BCUT2D eigenvalue weighted by atomic mass is 16.3. The molecule has 4 heteroatoms. The van der Waals surface area contributed by atoms with Gasteiger partial charge in [0.25, 0.3) is 0 Å². The molecule has 1 aromatic rings. The number of pyridine rings is 1. The van der Waals surface area contributed by atoms with E-state index in [0.717, 1.165) is 18.8 Å². The van der Waals surface area contributed by atoms with Crippen molar-refractivity contribution in [3.8, 4) is 0 Å². The first-order valence-electron chi connectivity index (χ1n) is 6.77. The summed E-state index contributed by atoms with van der Waals surface area (Å²) in [7, 11) is 1.96. The number of hydrogen-bond acceptors (Lipinski definition) is 4. The molecule has 1 aliphatic rings. The number of anilines is 1. The number of aromatic nitrogens is 1. The van der Waals surface area contributed by atoms with Gasteiger partial charge in [0.1, 0.15) is 5.82 Å². The Hall–Kier alpha value is -1.13. The van der Waals surface area contributed by atoms with Crippen molar-refractivity contribution in [1.82, 2.24) is 10.3 Å². The molecule has 2 rings (SSSR count). The van der Waals surface area contributed by atoms with Crippen molar-refractivity contribution in [2.45, 2.75) is 38.3 Å². The molecular formula is C14H23N3O. The second-order valence-electron chi connectivity index (χ2n) is 4.98. The second kappa shape index (κ2) is 6.16. The molecule has 18 heavy (non-hydrogen) atoms. The molecule has 0 aromatic carbocycles. The molecule has 1 aliphatic heterocycles. The quantitative estimate of drug-likeness (QED) is 0.853. The number of aliphatic hydroxyl groups is 1. The molecule has 4 nitrogen and oxygen atoms in total. The van der Waals surface area contributed by atoms with E-state index in [1.807, 2.05) is 19.3 Å². The average Bonchev–Trinajstić information content (AvgIpc) is 2.46. The molecule has 1 fully saturated rings. The summed E-state index contributed by atoms with van der Waals surface area (Å²) < 4.78 is 0. The fourth-order valence-electron chi connectivity index (χ4n) is 2.52. The van der Waals surface area contributed by atoms with Gasteiger partial charge in [-0.25, -0.2) is 4.98 Å². The number of hydrogen-bond donors (Lipinski definition) is 2. The molecule has 1 saturated heterocycles. The lowest BCUT2D eigenvalue weighted by Gasteiger charge is -2.35. The molecule has 2 atom stereocenters. The summed E-state index contributed by atoms with van der Waals surface area (Å²) in [6, 6.07) is 4.73. The van der Waals surface area contributed by atoms with Crippen LogP contribution >= 0.6 is 0 Å². The van der Waals surface area contributed by atoms with Crippen LogP contribution in [0, 0.1) is 0 Å². The zero-order valence-electron chi connectivity index (χ0n) is 11.3. The summed E-state index contributed by atoms with van der Waals surface area (Å²) in [5.74, 6) is 0.994. The zero-order chi connectivity index (χ0) is 13.0. The van der Waals surface area contributed by atoms with Crippen molar-refractivity contribution in [1.29, 1.82) is 0 Å². The van der Waals surface area contributed by atoms with Crippen LogP contribution in [-0.2, 0) is 0 Å². The third-order valence-electron chi connectivity index (χ3n) is 3.83. The Morgan fingerprint density at radius 2 is 2.39 bits per heavy atom. The Balaban J connectivity index is 2.21. The molecule has 0 saturated carbocycles. The second-order valence-corrected chi connectivity index (χ2v) is 4.98. The van der Waals surface area contributed by atoms with Crippen LogP contribution in [0.15, 0.2) is 18.3 Å². The highest BCUT2D eigenvalue weighted by Gasteiger charge is 2.23. The summed E-state index contributed by atoms with van der Waals surface area (Å²) in [5.41, 5.74) is 1.24. The van der Waals surface area contributed by atoms with Gasteiger partial charge in [0, 0.05) is 18.8 Å². The zero-order valence-corrected chi connectivity index (χ0v) is 11.3. The number of nitrogens with zero attached hydrogens (tertiary/aromatic N) is 2. The van der Waals surface area contributed by atoms with Gasteiger partial charge >= 0.3 is 0 Å². The van der Waals surface area contributed by atoms with E-state index in [0.29, 0.717) is 6.04 Å². The van der Waals surface area contributed by atoms with Crippen LogP contribution < -0.4 is 10.2 Å². The van der Waals surface area contributed by atoms with Crippen LogP contribution in [0.3, 0.4) is 0 Å². The molecule has 0 bridgehead atoms. The van der Waals surface area contributed by atoms with E-state index >= 15 is 0 Å². The van der Waals surface area contributed by atoms with Crippen molar-refractivity contribution >= 4 is 5.82 Å². The van der Waals surface area contributed by atoms with Crippen molar-refractivity contribution in [3.63, 3.8) is 0 Å². The molecule has 2 heterocycles. The maximum absolute atomic E-state index is 9.47. The highest BCUT2D eigenvalue weighted by molar-refractivity contribution is 5.43. The summed E-state index contributed by atoms with van der Waals surface area (Å²) in [6.45, 7) is 3.35. The summed E-state index contributed by atoms with van der Waals surface area (Å²) in [4.78, 5) is 6.71. The van der Waals surface area contributed by atoms with E-state index < -0.39 is 0 Å². The lowest BCUT2D eigenvalue weighted by Crippen LogP contribution is -2.42. The average molecular weight is 249 g/mol. The number of aliphatic hydroxyl groups excluding tert-OH is 1. The predicted molar refractivity (Wildman–Crippen MR) is 73.8 cm³/mol. The van der Waals surface area contributed by atoms with Gasteiger partial charge in [-0.3, -0.25) is 0 Å². The van der Waals surface area contributed by atoms with E-state index in [9.17, 15) is 5.11 Å². The minimum Gasteiger partial charge on any atom is -0.394 e. The standard InChI is InChI=1S/C14H23N3O/c1-11(15-2)12-6-7-16-14(9-12)17-8-4-3-5-13(17)10-18/h6-7,9,11,13,15,18H,3-5,8,10H2,1-2H3. The Bertz CT molecular complexity index is 383. The number of rotatable bonds is 4. The Kier molecular flexibility index (Phi) is 4.55. The van der Waals surface area contributed by atoms with Crippen LogP contribution in [0.5, 0.6) is 0 Å². The van der Waals surface area contributed by atoms with Gasteiger partial charge in [0.2, 0.25) is 0 Å². The van der Waals surface area contributed by atoms with Gasteiger partial charge in [-0.15, -0.1) is 0 Å². The van der Waals surface area contributed by atoms with Crippen LogP contribution in [0.25, 0.3) is 0 Å². The predicted octanol–water partition coefficient (Wildman–Crippen LogP) is 1.71. The molecule has 1 aromatic heterocycles. The molecule has 2 N–H and O–H groups in total. The van der Waals surface area contributed by atoms with Crippen molar-refractivity contribution in [3.05, 3.63) is 23.9 Å². The monoisotopic (exact) mass is 249 g/mol. The van der Waals surface area contributed by atoms with Crippen LogP contribution in [-0.4, -0.2) is 36.3 Å². The molecule has 100 valence electrons. The molecular weight excluding hydrogens is 226 g/mol. The molecule has 0 spiro atoms. The number of nitrogens with one attached hydrogen (secondary N) is 1. The normalized spacial score (nSPS) is 21.9. The van der Waals surface area contributed by atoms with Crippen molar-refractivity contribution in [2.24, 2.45) is 0 Å². The smallest absolute Gasteiger partial charge is 0.129 e. The van der Waals surface area contributed by atoms with Gasteiger partial charge in [0.15, 0.2) is 0 Å². The highest BCUT2D eigenvalue weighted by Crippen LogP contribution is 2.25. The summed E-state index contributed by atoms with van der Waals surface area (Å²) in [5, 5.41) is 12.7. The van der Waals surface area contributed by atoms with E-state index in [2.05, 4.69) is 28.2 Å². The van der Waals surface area contributed by atoms with Crippen LogP contribution in [0.4, 0.5) is 5.82 Å². The first kappa shape index (κ1) is 13.3. The van der Waals surface area contributed by atoms with Gasteiger partial charge in [0.05, 0.1) is 12.6 Å². The third-order valence-corrected chi connectivity index (χ3v) is 3.83. The van der Waals surface area contributed by atoms with E-state index in [1.54, 1.807) is 0 Å². The molecule has 0 radical (unpaired) electrons. The lowest BCUT2D eigenvalue weighted by atomic mass is 10.0. The van der Waals surface area contributed by atoms with Gasteiger partial charge in [-0.2, -0.15) is 0 Å². The largest absolute Gasteiger partial charge is 0.394 e. The lowest BCUT2D eigenvalue weighted by molar-refractivity contribution is 0.239. The maximum atomic E-state index is 9.47. The maximum Gasteiger partial charge on any atom is 0.129 e. The molecule has 0 amide bonds. The molecule has 2 unspecified atom stereocenters. The SMILES string of the molecule is CNC(C)c1ccnc(N2CCCCC2CO)c1. The van der Waals surface area contributed by atoms with E-state index in [-0.39, 0.29) is 12.6 Å². The topological polar surface area (TPSA) is 48.4 Å². The Morgan fingerprint density at radius 3 is 3.11 bits per heavy atom. The fourth-order valence-corrected chi connectivity index (χ4v) is 2.52. The van der Waals surface area contributed by atoms with Crippen molar-refractivity contribution < 1.29 is 5.11 Å². The minimum absolute atomic E-state index is 0.216. The van der Waals surface area contributed by atoms with Gasteiger partial charge in [-0.05, 0) is 50.9 Å². The first-order valence-corrected chi connectivity index (χ1v) is 6.77. The number of piperidine rings is 1. The van der Waals surface area contributed by atoms with Gasteiger partial charge < -0.3 is 15.3 Å². The summed E-state index contributed by atoms with van der Waals surface area (Å²) in [6.07, 6.45) is 5.31. The van der Waals surface area contributed by atoms with Crippen molar-refractivity contribution in [2.75, 3.05) is 25.1 Å². The molecule has 0 aliphatic carbocycles. The van der Waals surface area contributed by atoms with E-state index in [4.69, 9.17) is 0 Å². The van der Waals surface area contributed by atoms with Crippen LogP contribution in [0.1, 0.15) is 37.8 Å². The van der Waals surface area contributed by atoms with Gasteiger partial charge in [-0.1, -0.05) is 0 Å². The summed E-state index contributed by atoms with van der Waals surface area (Å²) >= 11 is 0. The van der Waals surface area contributed by atoms with E-state index in [1.165, 1.54) is 18.4 Å².